The van der Waals surface area contributed by atoms with E-state index in [4.69, 9.17) is 15.2 Å². The van der Waals surface area contributed by atoms with Crippen molar-refractivity contribution in [2.75, 3.05) is 39.5 Å². The number of ether oxygens (including phenoxy) is 2. The Kier molecular flexibility index (Phi) is 4.45. The van der Waals surface area contributed by atoms with Gasteiger partial charge in [0.1, 0.15) is 0 Å². The van der Waals surface area contributed by atoms with Gasteiger partial charge in [0.2, 0.25) is 0 Å². The molecule has 0 spiro atoms. The molecule has 4 heteroatoms. The zero-order valence-electron chi connectivity index (χ0n) is 6.71. The minimum absolute atomic E-state index is 0.119. The molecule has 1 aliphatic heterocycles. The van der Waals surface area contributed by atoms with Gasteiger partial charge in [-0.3, -0.25) is 0 Å². The van der Waals surface area contributed by atoms with Crippen molar-refractivity contribution in [1.82, 2.24) is 5.32 Å². The Balaban J connectivity index is 2.12. The van der Waals surface area contributed by atoms with Crippen molar-refractivity contribution in [1.29, 1.82) is 0 Å². The van der Waals surface area contributed by atoms with Crippen LogP contribution in [0.3, 0.4) is 0 Å². The van der Waals surface area contributed by atoms with Crippen molar-refractivity contribution >= 4 is 0 Å². The summed E-state index contributed by atoms with van der Waals surface area (Å²) in [6, 6.07) is 0.119. The third kappa shape index (κ3) is 4.31. The molecule has 1 atom stereocenters. The molecule has 0 aromatic carbocycles. The monoisotopic (exact) mass is 160 g/mol. The molecule has 0 aromatic heterocycles. The molecular formula is C7H16N2O2. The van der Waals surface area contributed by atoms with Crippen LogP contribution in [0, 0.1) is 0 Å². The molecule has 1 rings (SSSR count). The smallest absolute Gasteiger partial charge is 0.0701 e. The summed E-state index contributed by atoms with van der Waals surface area (Å²) in [7, 11) is 0. The molecule has 0 amide bonds. The van der Waals surface area contributed by atoms with Gasteiger partial charge in [-0.15, -0.1) is 0 Å². The van der Waals surface area contributed by atoms with E-state index in [0.29, 0.717) is 19.8 Å². The maximum absolute atomic E-state index is 5.70. The summed E-state index contributed by atoms with van der Waals surface area (Å²) >= 11 is 0. The quantitative estimate of drug-likeness (QED) is 0.475. The summed E-state index contributed by atoms with van der Waals surface area (Å²) in [6.07, 6.45) is 0. The highest BCUT2D eigenvalue weighted by molar-refractivity contribution is 4.63. The van der Waals surface area contributed by atoms with Crippen molar-refractivity contribution in [3.8, 4) is 0 Å². The normalized spacial score (nSPS) is 29.7. The zero-order chi connectivity index (χ0) is 7.94. The Morgan fingerprint density at radius 3 is 2.91 bits per heavy atom. The molecule has 1 saturated heterocycles. The highest BCUT2D eigenvalue weighted by atomic mass is 16.5. The highest BCUT2D eigenvalue weighted by Gasteiger charge is 2.03. The fraction of sp³-hybridized carbons (Fsp3) is 1.00. The lowest BCUT2D eigenvalue weighted by Crippen LogP contribution is -2.40. The molecule has 0 bridgehead atoms. The van der Waals surface area contributed by atoms with E-state index >= 15 is 0 Å². The first-order valence-electron chi connectivity index (χ1n) is 4.01. The number of hydrogen-bond donors (Lipinski definition) is 2. The van der Waals surface area contributed by atoms with Crippen molar-refractivity contribution in [3.63, 3.8) is 0 Å². The maximum atomic E-state index is 5.70. The Morgan fingerprint density at radius 1 is 1.18 bits per heavy atom. The molecular weight excluding hydrogens is 144 g/mol. The largest absolute Gasteiger partial charge is 0.378 e. The van der Waals surface area contributed by atoms with E-state index in [1.54, 1.807) is 0 Å². The number of rotatable bonds is 0. The average Bonchev–Trinajstić information content (AvgIpc) is 2.03. The van der Waals surface area contributed by atoms with Gasteiger partial charge in [0.15, 0.2) is 0 Å². The molecule has 1 unspecified atom stereocenters. The van der Waals surface area contributed by atoms with Gasteiger partial charge in [-0.2, -0.15) is 0 Å². The molecule has 0 saturated carbocycles. The molecule has 1 fully saturated rings. The van der Waals surface area contributed by atoms with E-state index in [1.165, 1.54) is 0 Å². The topological polar surface area (TPSA) is 56.5 Å². The van der Waals surface area contributed by atoms with Crippen molar-refractivity contribution in [2.24, 2.45) is 5.73 Å². The summed E-state index contributed by atoms with van der Waals surface area (Å²) in [4.78, 5) is 0. The Labute approximate surface area is 67.0 Å². The summed E-state index contributed by atoms with van der Waals surface area (Å²) in [5.74, 6) is 0. The molecule has 11 heavy (non-hydrogen) atoms. The lowest BCUT2D eigenvalue weighted by Gasteiger charge is -2.15. The first-order valence-corrected chi connectivity index (χ1v) is 4.01. The highest BCUT2D eigenvalue weighted by Crippen LogP contribution is 1.84. The minimum atomic E-state index is 0.119. The fourth-order valence-electron chi connectivity index (χ4n) is 0.945. The van der Waals surface area contributed by atoms with Gasteiger partial charge in [-0.05, 0) is 0 Å². The van der Waals surface area contributed by atoms with Crippen LogP contribution in [0.4, 0.5) is 0 Å². The predicted octanol–water partition coefficient (Wildman–Crippen LogP) is -1.05. The van der Waals surface area contributed by atoms with Crippen LogP contribution in [0.2, 0.25) is 0 Å². The van der Waals surface area contributed by atoms with Gasteiger partial charge >= 0.3 is 0 Å². The third-order valence-electron chi connectivity index (χ3n) is 1.53. The Bertz CT molecular complexity index is 90.4. The van der Waals surface area contributed by atoms with Gasteiger partial charge in [-0.25, -0.2) is 0 Å². The zero-order valence-corrected chi connectivity index (χ0v) is 6.71. The molecule has 3 N–H and O–H groups in total. The first kappa shape index (κ1) is 8.93. The summed E-state index contributed by atoms with van der Waals surface area (Å²) in [6.45, 7) is 4.39. The minimum Gasteiger partial charge on any atom is -0.378 e. The van der Waals surface area contributed by atoms with E-state index in [9.17, 15) is 0 Å². The molecule has 66 valence electrons. The molecule has 0 radical (unpaired) electrons. The predicted molar refractivity (Wildman–Crippen MR) is 42.5 cm³/mol. The van der Waals surface area contributed by atoms with Crippen LogP contribution >= 0.6 is 0 Å². The lowest BCUT2D eigenvalue weighted by molar-refractivity contribution is 0.0369. The standard InChI is InChI=1S/C7H16N2O2/c8-7-5-9-1-2-10-3-4-11-6-7/h7,9H,1-6,8H2. The van der Waals surface area contributed by atoms with Crippen LogP contribution in [0.1, 0.15) is 0 Å². The van der Waals surface area contributed by atoms with Crippen molar-refractivity contribution in [2.45, 2.75) is 6.04 Å². The summed E-state index contributed by atoms with van der Waals surface area (Å²) in [5, 5.41) is 3.17. The molecule has 1 aliphatic rings. The molecule has 0 aromatic rings. The van der Waals surface area contributed by atoms with Crippen LogP contribution in [-0.4, -0.2) is 45.6 Å². The van der Waals surface area contributed by atoms with Crippen LogP contribution in [0.5, 0.6) is 0 Å². The number of nitrogens with two attached hydrogens (primary N) is 1. The maximum Gasteiger partial charge on any atom is 0.0701 e. The average molecular weight is 160 g/mol. The Morgan fingerprint density at radius 2 is 2.00 bits per heavy atom. The first-order chi connectivity index (χ1) is 5.39. The summed E-state index contributed by atoms with van der Waals surface area (Å²) in [5.41, 5.74) is 5.70. The van der Waals surface area contributed by atoms with Gasteiger partial charge in [-0.1, -0.05) is 0 Å². The van der Waals surface area contributed by atoms with E-state index in [0.717, 1.165) is 19.7 Å². The second kappa shape index (κ2) is 5.49. The van der Waals surface area contributed by atoms with Crippen molar-refractivity contribution < 1.29 is 9.47 Å². The van der Waals surface area contributed by atoms with Gasteiger partial charge < -0.3 is 20.5 Å². The lowest BCUT2D eigenvalue weighted by atomic mass is 10.3. The van der Waals surface area contributed by atoms with Gasteiger partial charge in [0, 0.05) is 19.1 Å². The van der Waals surface area contributed by atoms with E-state index in [2.05, 4.69) is 5.32 Å². The number of nitrogens with one attached hydrogen (secondary N) is 1. The van der Waals surface area contributed by atoms with E-state index < -0.39 is 0 Å². The van der Waals surface area contributed by atoms with Crippen LogP contribution in [0.15, 0.2) is 0 Å². The van der Waals surface area contributed by atoms with Crippen LogP contribution in [0.25, 0.3) is 0 Å². The fourth-order valence-corrected chi connectivity index (χ4v) is 0.945. The Hall–Kier alpha value is -0.160. The van der Waals surface area contributed by atoms with E-state index in [1.807, 2.05) is 0 Å². The van der Waals surface area contributed by atoms with Crippen LogP contribution < -0.4 is 11.1 Å². The van der Waals surface area contributed by atoms with Crippen LogP contribution in [-0.2, 0) is 9.47 Å². The van der Waals surface area contributed by atoms with Gasteiger partial charge in [0.25, 0.3) is 0 Å². The van der Waals surface area contributed by atoms with E-state index in [-0.39, 0.29) is 6.04 Å². The second-order valence-electron chi connectivity index (χ2n) is 2.65. The van der Waals surface area contributed by atoms with Gasteiger partial charge in [0.05, 0.1) is 26.4 Å². The second-order valence-corrected chi connectivity index (χ2v) is 2.65. The number of hydrogen-bond acceptors (Lipinski definition) is 4. The molecule has 4 nitrogen and oxygen atoms in total. The summed E-state index contributed by atoms with van der Waals surface area (Å²) < 4.78 is 10.4. The third-order valence-corrected chi connectivity index (χ3v) is 1.53. The molecule has 1 heterocycles. The van der Waals surface area contributed by atoms with Crippen molar-refractivity contribution in [3.05, 3.63) is 0 Å². The molecule has 0 aliphatic carbocycles. The SMILES string of the molecule is NC1CNCCOCCOC1.